The van der Waals surface area contributed by atoms with Crippen molar-refractivity contribution in [1.29, 1.82) is 0 Å². The zero-order valence-electron chi connectivity index (χ0n) is 10.9. The number of rotatable bonds is 3. The Balaban J connectivity index is 2.38. The molecule has 1 aliphatic rings. The number of esters is 1. The highest BCUT2D eigenvalue weighted by atomic mass is 19.1. The van der Waals surface area contributed by atoms with Crippen molar-refractivity contribution in [3.05, 3.63) is 41.2 Å². The lowest BCUT2D eigenvalue weighted by molar-refractivity contribution is -0.150. The van der Waals surface area contributed by atoms with Crippen LogP contribution in [0.2, 0.25) is 0 Å². The smallest absolute Gasteiger partial charge is 0.315 e. The summed E-state index contributed by atoms with van der Waals surface area (Å²) in [5, 5.41) is 0. The van der Waals surface area contributed by atoms with Gasteiger partial charge in [-0.25, -0.2) is 4.39 Å². The fourth-order valence-electron chi connectivity index (χ4n) is 2.31. The van der Waals surface area contributed by atoms with Gasteiger partial charge < -0.3 is 4.74 Å². The predicted octanol–water partition coefficient (Wildman–Crippen LogP) is 3.35. The summed E-state index contributed by atoms with van der Waals surface area (Å²) in [4.78, 5) is 12.0. The SMILES string of the molecule is CCOC(=O)C(C)(C)C1=CCc2ccc(F)cc21. The van der Waals surface area contributed by atoms with E-state index in [-0.39, 0.29) is 11.8 Å². The van der Waals surface area contributed by atoms with Crippen molar-refractivity contribution >= 4 is 11.5 Å². The first kappa shape index (κ1) is 12.8. The minimum absolute atomic E-state index is 0.270. The molecule has 2 nitrogen and oxygen atoms in total. The number of allylic oxidation sites excluding steroid dienone is 1. The predicted molar refractivity (Wildman–Crippen MR) is 68.5 cm³/mol. The van der Waals surface area contributed by atoms with E-state index in [0.29, 0.717) is 6.61 Å². The molecule has 0 aromatic heterocycles. The number of halogens is 1. The van der Waals surface area contributed by atoms with Crippen molar-refractivity contribution in [3.63, 3.8) is 0 Å². The van der Waals surface area contributed by atoms with Gasteiger partial charge in [0.1, 0.15) is 5.82 Å². The van der Waals surface area contributed by atoms with Crippen molar-refractivity contribution < 1.29 is 13.9 Å². The quantitative estimate of drug-likeness (QED) is 0.767. The maximum Gasteiger partial charge on any atom is 0.315 e. The lowest BCUT2D eigenvalue weighted by atomic mass is 9.81. The molecule has 0 bridgehead atoms. The normalized spacial score (nSPS) is 14.1. The highest BCUT2D eigenvalue weighted by Gasteiger charge is 2.36. The van der Waals surface area contributed by atoms with Gasteiger partial charge in [0.25, 0.3) is 0 Å². The monoisotopic (exact) mass is 248 g/mol. The van der Waals surface area contributed by atoms with Gasteiger partial charge in [-0.05, 0) is 56.0 Å². The average Bonchev–Trinajstić information content (AvgIpc) is 2.72. The molecule has 0 aliphatic heterocycles. The first-order valence-corrected chi connectivity index (χ1v) is 6.13. The minimum atomic E-state index is -0.741. The fraction of sp³-hybridized carbons (Fsp3) is 0.400. The Bertz CT molecular complexity index is 515. The number of ether oxygens (including phenoxy) is 1. The van der Waals surface area contributed by atoms with Crippen LogP contribution in [0.5, 0.6) is 0 Å². The van der Waals surface area contributed by atoms with Crippen LogP contribution >= 0.6 is 0 Å². The molecule has 0 radical (unpaired) electrons. The molecular formula is C15H17FO2. The second-order valence-electron chi connectivity index (χ2n) is 4.97. The second-order valence-corrected chi connectivity index (χ2v) is 4.97. The second kappa shape index (κ2) is 4.56. The highest BCUT2D eigenvalue weighted by molar-refractivity contribution is 5.94. The molecule has 18 heavy (non-hydrogen) atoms. The van der Waals surface area contributed by atoms with Crippen LogP contribution < -0.4 is 0 Å². The van der Waals surface area contributed by atoms with Gasteiger partial charge in [-0.3, -0.25) is 4.79 Å². The summed E-state index contributed by atoms with van der Waals surface area (Å²) >= 11 is 0. The van der Waals surface area contributed by atoms with Crippen LogP contribution in [0.1, 0.15) is 31.9 Å². The van der Waals surface area contributed by atoms with Gasteiger partial charge in [-0.1, -0.05) is 12.1 Å². The Labute approximate surface area is 106 Å². The summed E-state index contributed by atoms with van der Waals surface area (Å²) < 4.78 is 18.4. The molecule has 0 amide bonds. The Morgan fingerprint density at radius 2 is 2.17 bits per heavy atom. The summed E-state index contributed by atoms with van der Waals surface area (Å²) in [6.07, 6.45) is 2.73. The Morgan fingerprint density at radius 1 is 1.44 bits per heavy atom. The third-order valence-electron chi connectivity index (χ3n) is 3.35. The molecule has 0 N–H and O–H groups in total. The average molecular weight is 248 g/mol. The highest BCUT2D eigenvalue weighted by Crippen LogP contribution is 2.41. The van der Waals surface area contributed by atoms with Crippen LogP contribution in [0.15, 0.2) is 24.3 Å². The van der Waals surface area contributed by atoms with E-state index in [4.69, 9.17) is 4.74 Å². The number of carbonyl (C=O) groups excluding carboxylic acids is 1. The van der Waals surface area contributed by atoms with Crippen molar-refractivity contribution in [2.24, 2.45) is 5.41 Å². The molecule has 0 spiro atoms. The topological polar surface area (TPSA) is 26.3 Å². The third-order valence-corrected chi connectivity index (χ3v) is 3.35. The van der Waals surface area contributed by atoms with E-state index in [1.807, 2.05) is 19.9 Å². The van der Waals surface area contributed by atoms with Crippen molar-refractivity contribution in [2.75, 3.05) is 6.61 Å². The Hall–Kier alpha value is -1.64. The molecule has 96 valence electrons. The summed E-state index contributed by atoms with van der Waals surface area (Å²) in [5.41, 5.74) is 2.00. The summed E-state index contributed by atoms with van der Waals surface area (Å²) in [5.74, 6) is -0.547. The van der Waals surface area contributed by atoms with Gasteiger partial charge in [0.05, 0.1) is 12.0 Å². The standard InChI is InChI=1S/C15H17FO2/c1-4-18-14(17)15(2,3)13-8-6-10-5-7-11(16)9-12(10)13/h5,7-9H,4,6H2,1-3H3. The van der Waals surface area contributed by atoms with Gasteiger partial charge in [0.2, 0.25) is 0 Å². The first-order chi connectivity index (χ1) is 8.46. The van der Waals surface area contributed by atoms with Crippen LogP contribution in [-0.4, -0.2) is 12.6 Å². The van der Waals surface area contributed by atoms with E-state index >= 15 is 0 Å². The molecule has 1 aromatic rings. The molecule has 0 unspecified atom stereocenters. The number of carbonyl (C=O) groups is 1. The lowest BCUT2D eigenvalue weighted by Gasteiger charge is -2.25. The maximum absolute atomic E-state index is 13.3. The van der Waals surface area contributed by atoms with E-state index in [0.717, 1.165) is 23.1 Å². The van der Waals surface area contributed by atoms with Crippen LogP contribution in [0.4, 0.5) is 4.39 Å². The van der Waals surface area contributed by atoms with Gasteiger partial charge >= 0.3 is 5.97 Å². The molecule has 2 rings (SSSR count). The van der Waals surface area contributed by atoms with E-state index in [9.17, 15) is 9.18 Å². The molecule has 0 atom stereocenters. The maximum atomic E-state index is 13.3. The molecule has 0 heterocycles. The summed E-state index contributed by atoms with van der Waals surface area (Å²) in [7, 11) is 0. The zero-order chi connectivity index (χ0) is 13.3. The number of hydrogen-bond acceptors (Lipinski definition) is 2. The number of hydrogen-bond donors (Lipinski definition) is 0. The lowest BCUT2D eigenvalue weighted by Crippen LogP contribution is -2.27. The van der Waals surface area contributed by atoms with Gasteiger partial charge in [0.15, 0.2) is 0 Å². The van der Waals surface area contributed by atoms with E-state index < -0.39 is 5.41 Å². The molecular weight excluding hydrogens is 231 g/mol. The largest absolute Gasteiger partial charge is 0.465 e. The Morgan fingerprint density at radius 3 is 2.83 bits per heavy atom. The van der Waals surface area contributed by atoms with Gasteiger partial charge in [0, 0.05) is 0 Å². The van der Waals surface area contributed by atoms with Gasteiger partial charge in [-0.2, -0.15) is 0 Å². The minimum Gasteiger partial charge on any atom is -0.465 e. The van der Waals surface area contributed by atoms with Crippen LogP contribution in [-0.2, 0) is 16.0 Å². The van der Waals surface area contributed by atoms with Crippen molar-refractivity contribution in [1.82, 2.24) is 0 Å². The Kier molecular flexibility index (Phi) is 3.24. The molecule has 0 saturated carbocycles. The van der Waals surface area contributed by atoms with Crippen molar-refractivity contribution in [2.45, 2.75) is 27.2 Å². The molecule has 3 heteroatoms. The number of fused-ring (bicyclic) bond motifs is 1. The van der Waals surface area contributed by atoms with Crippen molar-refractivity contribution in [3.8, 4) is 0 Å². The molecule has 1 aliphatic carbocycles. The van der Waals surface area contributed by atoms with Gasteiger partial charge in [-0.15, -0.1) is 0 Å². The van der Waals surface area contributed by atoms with E-state index in [1.54, 1.807) is 13.0 Å². The zero-order valence-corrected chi connectivity index (χ0v) is 10.9. The molecule has 0 saturated heterocycles. The number of benzene rings is 1. The third kappa shape index (κ3) is 2.05. The summed E-state index contributed by atoms with van der Waals surface area (Å²) in [6.45, 7) is 5.77. The fourth-order valence-corrected chi connectivity index (χ4v) is 2.31. The van der Waals surface area contributed by atoms with E-state index in [2.05, 4.69) is 0 Å². The van der Waals surface area contributed by atoms with Crippen LogP contribution in [0.3, 0.4) is 0 Å². The molecule has 1 aromatic carbocycles. The molecule has 0 fully saturated rings. The first-order valence-electron chi connectivity index (χ1n) is 6.13. The van der Waals surface area contributed by atoms with E-state index in [1.165, 1.54) is 12.1 Å². The van der Waals surface area contributed by atoms with Crippen LogP contribution in [0.25, 0.3) is 5.57 Å². The summed E-state index contributed by atoms with van der Waals surface area (Å²) in [6, 6.07) is 4.72. The van der Waals surface area contributed by atoms with Crippen LogP contribution in [0, 0.1) is 11.2 Å².